The van der Waals surface area contributed by atoms with E-state index in [4.69, 9.17) is 5.73 Å². The predicted octanol–water partition coefficient (Wildman–Crippen LogP) is 2.84. The van der Waals surface area contributed by atoms with E-state index in [0.29, 0.717) is 5.82 Å². The highest BCUT2D eigenvalue weighted by atomic mass is 14.9. The highest BCUT2D eigenvalue weighted by Crippen LogP contribution is 2.18. The molecule has 0 saturated carbocycles. The van der Waals surface area contributed by atoms with Gasteiger partial charge >= 0.3 is 0 Å². The summed E-state index contributed by atoms with van der Waals surface area (Å²) in [6, 6.07) is 14.3. The maximum absolute atomic E-state index is 5.53. The zero-order chi connectivity index (χ0) is 11.4. The van der Waals surface area contributed by atoms with E-state index in [1.54, 1.807) is 12.3 Å². The van der Waals surface area contributed by atoms with Crippen molar-refractivity contribution in [2.45, 2.75) is 13.0 Å². The fraction of sp³-hybridized carbons (Fsp3) is 0.154. The van der Waals surface area contributed by atoms with Crippen molar-refractivity contribution in [2.24, 2.45) is 0 Å². The first-order valence-corrected chi connectivity index (χ1v) is 5.29. The van der Waals surface area contributed by atoms with Gasteiger partial charge in [0.15, 0.2) is 0 Å². The Morgan fingerprint density at radius 1 is 1.12 bits per heavy atom. The van der Waals surface area contributed by atoms with Crippen LogP contribution in [0.5, 0.6) is 0 Å². The summed E-state index contributed by atoms with van der Waals surface area (Å²) in [5, 5.41) is 3.37. The molecule has 1 atom stereocenters. The molecule has 0 saturated heterocycles. The number of nitrogens with one attached hydrogen (secondary N) is 1. The summed E-state index contributed by atoms with van der Waals surface area (Å²) in [6.07, 6.45) is 1.74. The highest BCUT2D eigenvalue weighted by molar-refractivity contribution is 5.47. The van der Waals surface area contributed by atoms with Crippen LogP contribution in [-0.4, -0.2) is 4.98 Å². The van der Waals surface area contributed by atoms with E-state index < -0.39 is 0 Å². The number of benzene rings is 1. The van der Waals surface area contributed by atoms with Gasteiger partial charge in [-0.3, -0.25) is 0 Å². The molecule has 3 nitrogen and oxygen atoms in total. The van der Waals surface area contributed by atoms with Gasteiger partial charge < -0.3 is 11.1 Å². The summed E-state index contributed by atoms with van der Waals surface area (Å²) in [5.41, 5.74) is 7.76. The summed E-state index contributed by atoms with van der Waals surface area (Å²) in [7, 11) is 0. The molecule has 1 heterocycles. The van der Waals surface area contributed by atoms with Crippen molar-refractivity contribution < 1.29 is 0 Å². The van der Waals surface area contributed by atoms with Crippen molar-refractivity contribution in [1.29, 1.82) is 0 Å². The van der Waals surface area contributed by atoms with Gasteiger partial charge in [-0.1, -0.05) is 30.3 Å². The summed E-state index contributed by atoms with van der Waals surface area (Å²) < 4.78 is 0. The first-order chi connectivity index (χ1) is 7.75. The normalized spacial score (nSPS) is 12.1. The fourth-order valence-electron chi connectivity index (χ4n) is 1.57. The summed E-state index contributed by atoms with van der Waals surface area (Å²) in [5.74, 6) is 0.540. The molecule has 0 amide bonds. The molecule has 2 aromatic rings. The number of hydrogen-bond donors (Lipinski definition) is 2. The van der Waals surface area contributed by atoms with Crippen LogP contribution >= 0.6 is 0 Å². The van der Waals surface area contributed by atoms with Crippen LogP contribution in [0.3, 0.4) is 0 Å². The molecule has 0 aliphatic rings. The topological polar surface area (TPSA) is 50.9 Å². The van der Waals surface area contributed by atoms with E-state index in [-0.39, 0.29) is 6.04 Å². The third-order valence-corrected chi connectivity index (χ3v) is 2.47. The molecular weight excluding hydrogens is 198 g/mol. The van der Waals surface area contributed by atoms with Gasteiger partial charge in [0.2, 0.25) is 0 Å². The van der Waals surface area contributed by atoms with E-state index >= 15 is 0 Å². The fourth-order valence-corrected chi connectivity index (χ4v) is 1.57. The second-order valence-corrected chi connectivity index (χ2v) is 3.75. The van der Waals surface area contributed by atoms with Crippen LogP contribution in [-0.2, 0) is 0 Å². The van der Waals surface area contributed by atoms with Crippen LogP contribution in [0.1, 0.15) is 18.5 Å². The molecule has 1 aromatic heterocycles. The lowest BCUT2D eigenvalue weighted by Crippen LogP contribution is -2.06. The minimum absolute atomic E-state index is 0.256. The van der Waals surface area contributed by atoms with Crippen molar-refractivity contribution in [1.82, 2.24) is 4.98 Å². The number of nitrogens with zero attached hydrogens (tertiary/aromatic N) is 1. The van der Waals surface area contributed by atoms with E-state index in [9.17, 15) is 0 Å². The molecular formula is C13H15N3. The molecule has 3 N–H and O–H groups in total. The van der Waals surface area contributed by atoms with Crippen LogP contribution in [0.25, 0.3) is 0 Å². The SMILES string of the molecule is CC(Nc1ccc(N)nc1)c1ccccc1. The lowest BCUT2D eigenvalue weighted by Gasteiger charge is -2.15. The number of aromatic nitrogens is 1. The maximum atomic E-state index is 5.53. The number of rotatable bonds is 3. The monoisotopic (exact) mass is 213 g/mol. The zero-order valence-electron chi connectivity index (χ0n) is 9.22. The van der Waals surface area contributed by atoms with E-state index in [2.05, 4.69) is 29.4 Å². The van der Waals surface area contributed by atoms with Crippen LogP contribution in [0.4, 0.5) is 11.5 Å². The first kappa shape index (κ1) is 10.5. The van der Waals surface area contributed by atoms with Crippen molar-refractivity contribution in [2.75, 3.05) is 11.1 Å². The van der Waals surface area contributed by atoms with Crippen molar-refractivity contribution in [3.8, 4) is 0 Å². The lowest BCUT2D eigenvalue weighted by molar-refractivity contribution is 0.883. The molecule has 0 bridgehead atoms. The Kier molecular flexibility index (Phi) is 3.05. The predicted molar refractivity (Wildman–Crippen MR) is 67.1 cm³/mol. The first-order valence-electron chi connectivity index (χ1n) is 5.29. The minimum Gasteiger partial charge on any atom is -0.384 e. The molecule has 1 unspecified atom stereocenters. The number of nitrogens with two attached hydrogens (primary N) is 1. The van der Waals surface area contributed by atoms with Gasteiger partial charge in [-0.2, -0.15) is 0 Å². The Balaban J connectivity index is 2.08. The largest absolute Gasteiger partial charge is 0.384 e. The standard InChI is InChI=1S/C13H15N3/c1-10(11-5-3-2-4-6-11)16-12-7-8-13(14)15-9-12/h2-10,16H,1H3,(H2,14,15). The molecule has 0 aliphatic heterocycles. The van der Waals surface area contributed by atoms with Gasteiger partial charge in [-0.15, -0.1) is 0 Å². The molecule has 0 aliphatic carbocycles. The van der Waals surface area contributed by atoms with Crippen LogP contribution in [0, 0.1) is 0 Å². The molecule has 16 heavy (non-hydrogen) atoms. The highest BCUT2D eigenvalue weighted by Gasteiger charge is 2.03. The maximum Gasteiger partial charge on any atom is 0.123 e. The van der Waals surface area contributed by atoms with Crippen LogP contribution in [0.2, 0.25) is 0 Å². The van der Waals surface area contributed by atoms with Gasteiger partial charge in [-0.05, 0) is 24.6 Å². The number of hydrogen-bond acceptors (Lipinski definition) is 3. The quantitative estimate of drug-likeness (QED) is 0.824. The van der Waals surface area contributed by atoms with Gasteiger partial charge in [0.25, 0.3) is 0 Å². The second-order valence-electron chi connectivity index (χ2n) is 3.75. The Bertz CT molecular complexity index is 436. The zero-order valence-corrected chi connectivity index (χ0v) is 9.22. The summed E-state index contributed by atoms with van der Waals surface area (Å²) >= 11 is 0. The van der Waals surface area contributed by atoms with Gasteiger partial charge in [0.1, 0.15) is 5.82 Å². The third kappa shape index (κ3) is 2.51. The Hall–Kier alpha value is -2.03. The van der Waals surface area contributed by atoms with E-state index in [0.717, 1.165) is 5.69 Å². The van der Waals surface area contributed by atoms with Crippen LogP contribution in [0.15, 0.2) is 48.7 Å². The van der Waals surface area contributed by atoms with Crippen molar-refractivity contribution >= 4 is 11.5 Å². The summed E-state index contributed by atoms with van der Waals surface area (Å²) in [6.45, 7) is 2.12. The third-order valence-electron chi connectivity index (χ3n) is 2.47. The van der Waals surface area contributed by atoms with Crippen molar-refractivity contribution in [3.63, 3.8) is 0 Å². The molecule has 1 aromatic carbocycles. The van der Waals surface area contributed by atoms with Crippen molar-refractivity contribution in [3.05, 3.63) is 54.2 Å². The number of anilines is 2. The number of nitrogen functional groups attached to an aromatic ring is 1. The van der Waals surface area contributed by atoms with E-state index in [1.807, 2.05) is 24.3 Å². The molecule has 3 heteroatoms. The smallest absolute Gasteiger partial charge is 0.123 e. The molecule has 0 radical (unpaired) electrons. The average Bonchev–Trinajstić information content (AvgIpc) is 2.33. The lowest BCUT2D eigenvalue weighted by atomic mass is 10.1. The van der Waals surface area contributed by atoms with Gasteiger partial charge in [0.05, 0.1) is 11.9 Å². The Labute approximate surface area is 95.3 Å². The van der Waals surface area contributed by atoms with Gasteiger partial charge in [0, 0.05) is 6.04 Å². The van der Waals surface area contributed by atoms with Gasteiger partial charge in [-0.25, -0.2) is 4.98 Å². The Morgan fingerprint density at radius 3 is 2.50 bits per heavy atom. The molecule has 0 fully saturated rings. The average molecular weight is 213 g/mol. The molecule has 82 valence electrons. The molecule has 0 spiro atoms. The molecule has 2 rings (SSSR count). The number of pyridine rings is 1. The van der Waals surface area contributed by atoms with Crippen LogP contribution < -0.4 is 11.1 Å². The minimum atomic E-state index is 0.256. The summed E-state index contributed by atoms with van der Waals surface area (Å²) in [4.78, 5) is 4.04. The Morgan fingerprint density at radius 2 is 1.88 bits per heavy atom. The second kappa shape index (κ2) is 4.66. The van der Waals surface area contributed by atoms with E-state index in [1.165, 1.54) is 5.56 Å².